The van der Waals surface area contributed by atoms with Gasteiger partial charge in [0.2, 0.25) is 5.91 Å². The summed E-state index contributed by atoms with van der Waals surface area (Å²) in [5.74, 6) is -0.0559. The first-order valence-electron chi connectivity index (χ1n) is 10.2. The van der Waals surface area contributed by atoms with Crippen LogP contribution < -0.4 is 0 Å². The molecule has 0 aliphatic carbocycles. The number of rotatable bonds is 9. The normalized spacial score (nSPS) is 15.2. The lowest BCUT2D eigenvalue weighted by Gasteiger charge is -2.32. The lowest BCUT2D eigenvalue weighted by Crippen LogP contribution is -2.39. The van der Waals surface area contributed by atoms with Gasteiger partial charge in [-0.3, -0.25) is 19.5 Å². The third-order valence-electron chi connectivity index (χ3n) is 5.08. The van der Waals surface area contributed by atoms with Crippen LogP contribution in [0.15, 0.2) is 29.6 Å². The summed E-state index contributed by atoms with van der Waals surface area (Å²) >= 11 is 1.48. The Morgan fingerprint density at radius 2 is 1.90 bits per heavy atom. The fourth-order valence-corrected chi connectivity index (χ4v) is 6.18. The van der Waals surface area contributed by atoms with Crippen molar-refractivity contribution in [3.05, 3.63) is 44.8 Å². The second-order valence-corrected chi connectivity index (χ2v) is 10.0. The molecule has 0 unspecified atom stereocenters. The maximum Gasteiger partial charge on any atom is 0.340 e. The van der Waals surface area contributed by atoms with E-state index in [0.717, 1.165) is 17.8 Å². The van der Waals surface area contributed by atoms with Crippen LogP contribution in [0, 0.1) is 10.1 Å². The van der Waals surface area contributed by atoms with E-state index in [1.165, 1.54) is 17.4 Å². The molecule has 31 heavy (non-hydrogen) atoms. The first kappa shape index (κ1) is 23.5. The first-order chi connectivity index (χ1) is 14.9. The number of piperidine rings is 1. The molecule has 1 aromatic carbocycles. The van der Waals surface area contributed by atoms with Crippen molar-refractivity contribution in [3.8, 4) is 11.3 Å². The van der Waals surface area contributed by atoms with E-state index in [1.54, 1.807) is 36.9 Å². The fraction of sp³-hybridized carbons (Fsp3) is 0.500. The number of carbonyl (C=O) groups is 1. The minimum Gasteiger partial charge on any atom is -0.342 e. The molecule has 0 saturated carbocycles. The minimum atomic E-state index is -3.42. The predicted molar refractivity (Wildman–Crippen MR) is 118 cm³/mol. The van der Waals surface area contributed by atoms with Crippen molar-refractivity contribution in [2.75, 3.05) is 32.5 Å². The van der Waals surface area contributed by atoms with E-state index >= 15 is 0 Å². The zero-order valence-electron chi connectivity index (χ0n) is 17.6. The molecule has 2 heterocycles. The smallest absolute Gasteiger partial charge is 0.340 e. The summed E-state index contributed by atoms with van der Waals surface area (Å²) in [5, 5.41) is 14.0. The van der Waals surface area contributed by atoms with Crippen LogP contribution >= 0.6 is 18.9 Å². The van der Waals surface area contributed by atoms with E-state index in [2.05, 4.69) is 4.98 Å². The summed E-state index contributed by atoms with van der Waals surface area (Å²) in [6, 6.07) is 6.57. The minimum absolute atomic E-state index is 0.0350. The number of nitrogens with zero attached hydrogens (tertiary/aromatic N) is 3. The monoisotopic (exact) mass is 467 g/mol. The van der Waals surface area contributed by atoms with E-state index in [9.17, 15) is 19.5 Å². The van der Waals surface area contributed by atoms with Crippen LogP contribution in [0.5, 0.6) is 0 Å². The summed E-state index contributed by atoms with van der Waals surface area (Å²) < 4.78 is 23.1. The number of nitro groups is 1. The Kier molecular flexibility index (Phi) is 7.94. The molecule has 0 spiro atoms. The maximum atomic E-state index is 12.6. The number of aromatic nitrogens is 1. The van der Waals surface area contributed by atoms with Crippen molar-refractivity contribution in [1.29, 1.82) is 0 Å². The van der Waals surface area contributed by atoms with Crippen molar-refractivity contribution in [2.45, 2.75) is 32.6 Å². The van der Waals surface area contributed by atoms with Crippen molar-refractivity contribution in [3.63, 3.8) is 0 Å². The average Bonchev–Trinajstić information content (AvgIpc) is 3.24. The van der Waals surface area contributed by atoms with Gasteiger partial charge >= 0.3 is 7.60 Å². The molecule has 0 atom stereocenters. The van der Waals surface area contributed by atoms with E-state index in [0.29, 0.717) is 24.3 Å². The molecule has 11 heteroatoms. The maximum absolute atomic E-state index is 12.6. The largest absolute Gasteiger partial charge is 0.342 e. The number of thiazole rings is 1. The molecular weight excluding hydrogens is 441 g/mol. The fourth-order valence-electron chi connectivity index (χ4n) is 3.61. The Bertz CT molecular complexity index is 963. The van der Waals surface area contributed by atoms with Crippen molar-refractivity contribution in [2.24, 2.45) is 0 Å². The van der Waals surface area contributed by atoms with Crippen LogP contribution in [-0.2, 0) is 18.4 Å². The summed E-state index contributed by atoms with van der Waals surface area (Å²) in [7, 11) is -3.42. The number of carbonyl (C=O) groups excluding carboxylic acids is 1. The zero-order valence-corrected chi connectivity index (χ0v) is 19.3. The van der Waals surface area contributed by atoms with Crippen LogP contribution in [0.3, 0.4) is 0 Å². The number of benzene rings is 1. The van der Waals surface area contributed by atoms with Gasteiger partial charge in [-0.25, -0.2) is 4.98 Å². The summed E-state index contributed by atoms with van der Waals surface area (Å²) in [6.07, 6.45) is 1.20. The van der Waals surface area contributed by atoms with Gasteiger partial charge in [-0.05, 0) is 32.8 Å². The van der Waals surface area contributed by atoms with Gasteiger partial charge in [-0.1, -0.05) is 12.1 Å². The van der Waals surface area contributed by atoms with Gasteiger partial charge < -0.3 is 13.9 Å². The summed E-state index contributed by atoms with van der Waals surface area (Å²) in [5.41, 5.74) is 1.14. The highest BCUT2D eigenvalue weighted by atomic mass is 32.1. The number of likely N-dealkylation sites (tertiary alicyclic amines) is 1. The topological polar surface area (TPSA) is 112 Å². The van der Waals surface area contributed by atoms with Gasteiger partial charge in [-0.15, -0.1) is 11.3 Å². The lowest BCUT2D eigenvalue weighted by molar-refractivity contribution is -0.384. The molecule has 0 N–H and O–H groups in total. The van der Waals surface area contributed by atoms with Crippen LogP contribution in [0.2, 0.25) is 0 Å². The molecule has 9 nitrogen and oxygen atoms in total. The highest BCUT2D eigenvalue weighted by Crippen LogP contribution is 2.48. The van der Waals surface area contributed by atoms with Gasteiger partial charge in [0.25, 0.3) is 5.69 Å². The Labute approximate surface area is 185 Å². The van der Waals surface area contributed by atoms with Gasteiger partial charge in [0.1, 0.15) is 6.16 Å². The van der Waals surface area contributed by atoms with Crippen LogP contribution in [0.4, 0.5) is 5.69 Å². The molecule has 2 aromatic rings. The molecule has 1 aromatic heterocycles. The molecule has 3 rings (SSSR count). The SMILES string of the molecule is CCOP(=O)(CC(=O)N1CCC(c2nc(-c3ccccc3[N+](=O)[O-])cs2)CC1)OCC. The molecule has 1 amide bonds. The molecule has 0 radical (unpaired) electrons. The molecule has 1 aliphatic heterocycles. The molecule has 1 fully saturated rings. The van der Waals surface area contributed by atoms with Crippen LogP contribution in [0.25, 0.3) is 11.3 Å². The van der Waals surface area contributed by atoms with E-state index in [1.807, 2.05) is 5.38 Å². The quantitative estimate of drug-likeness (QED) is 0.299. The summed E-state index contributed by atoms with van der Waals surface area (Å²) in [6.45, 7) is 4.93. The van der Waals surface area contributed by atoms with Gasteiger partial charge in [-0.2, -0.15) is 0 Å². The van der Waals surface area contributed by atoms with E-state index < -0.39 is 12.5 Å². The van der Waals surface area contributed by atoms with E-state index in [-0.39, 0.29) is 36.9 Å². The van der Waals surface area contributed by atoms with Crippen molar-refractivity contribution < 1.29 is 23.3 Å². The summed E-state index contributed by atoms with van der Waals surface area (Å²) in [4.78, 5) is 29.8. The Morgan fingerprint density at radius 1 is 1.26 bits per heavy atom. The van der Waals surface area contributed by atoms with Crippen molar-refractivity contribution >= 4 is 30.5 Å². The van der Waals surface area contributed by atoms with Gasteiger partial charge in [0.05, 0.1) is 34.4 Å². The number of nitro benzene ring substituents is 1. The Hall–Kier alpha value is -2.13. The number of para-hydroxylation sites is 1. The Balaban J connectivity index is 1.63. The van der Waals surface area contributed by atoms with Crippen LogP contribution in [-0.4, -0.2) is 53.2 Å². The highest BCUT2D eigenvalue weighted by Gasteiger charge is 2.33. The zero-order chi connectivity index (χ0) is 22.4. The number of amides is 1. The standard InChI is InChI=1S/C20H26N3O6PS/c1-3-28-30(27,29-4-2)13-19(24)22-11-9-15(10-12-22)20-21-17(14-31-20)16-7-5-6-8-18(16)23(25)26/h5-8,14-15H,3-4,9-13H2,1-2H3. The van der Waals surface area contributed by atoms with E-state index in [4.69, 9.17) is 9.05 Å². The number of hydrogen-bond acceptors (Lipinski definition) is 8. The molecular formula is C20H26N3O6PS. The second kappa shape index (κ2) is 10.5. The average molecular weight is 467 g/mol. The third-order valence-corrected chi connectivity index (χ3v) is 8.04. The molecule has 168 valence electrons. The van der Waals surface area contributed by atoms with Gasteiger partial charge in [0.15, 0.2) is 0 Å². The first-order valence-corrected chi connectivity index (χ1v) is 12.8. The molecule has 1 aliphatic rings. The lowest BCUT2D eigenvalue weighted by atomic mass is 9.97. The highest BCUT2D eigenvalue weighted by molar-refractivity contribution is 7.54. The second-order valence-electron chi connectivity index (χ2n) is 7.10. The molecule has 0 bridgehead atoms. The Morgan fingerprint density at radius 3 is 2.52 bits per heavy atom. The molecule has 1 saturated heterocycles. The van der Waals surface area contributed by atoms with Crippen molar-refractivity contribution in [1.82, 2.24) is 9.88 Å². The van der Waals surface area contributed by atoms with Gasteiger partial charge in [0, 0.05) is 30.5 Å². The van der Waals surface area contributed by atoms with Crippen LogP contribution in [0.1, 0.15) is 37.6 Å². The number of hydrogen-bond donors (Lipinski definition) is 0. The third kappa shape index (κ3) is 5.77. The predicted octanol–water partition coefficient (Wildman–Crippen LogP) is 4.69.